The fourth-order valence-corrected chi connectivity index (χ4v) is 3.50. The molecule has 1 aromatic rings. The molecule has 2 saturated heterocycles. The first-order chi connectivity index (χ1) is 10.7. The lowest BCUT2D eigenvalue weighted by molar-refractivity contribution is 0.0549. The van der Waals surface area contributed by atoms with E-state index < -0.39 is 0 Å². The first-order valence-corrected chi connectivity index (χ1v) is 8.58. The fourth-order valence-electron chi connectivity index (χ4n) is 3.50. The van der Waals surface area contributed by atoms with E-state index in [1.54, 1.807) is 0 Å². The number of piperidine rings is 1. The fraction of sp³-hybridized carbons (Fsp3) is 0.706. The van der Waals surface area contributed by atoms with Crippen molar-refractivity contribution in [2.75, 3.05) is 24.5 Å². The van der Waals surface area contributed by atoms with Crippen molar-refractivity contribution in [3.05, 3.63) is 17.8 Å². The van der Waals surface area contributed by atoms with E-state index in [2.05, 4.69) is 28.9 Å². The topological polar surface area (TPSA) is 49.3 Å². The Labute approximate surface area is 132 Å². The lowest BCUT2D eigenvalue weighted by atomic mass is 9.91. The molecule has 2 aliphatic heterocycles. The number of anilines is 1. The van der Waals surface area contributed by atoms with Crippen molar-refractivity contribution in [1.82, 2.24) is 15.1 Å². The van der Waals surface area contributed by atoms with Crippen LogP contribution in [0.25, 0.3) is 0 Å². The van der Waals surface area contributed by atoms with Gasteiger partial charge in [0, 0.05) is 25.7 Å². The summed E-state index contributed by atoms with van der Waals surface area (Å²) in [4.78, 5) is 16.9. The van der Waals surface area contributed by atoms with E-state index in [0.29, 0.717) is 17.7 Å². The SMILES string of the molecule is CC[C@@H]1CC[C@H](C)N(C(=O)c2ccc(N3CCCC3)nn2)C1. The van der Waals surface area contributed by atoms with Crippen LogP contribution in [-0.2, 0) is 0 Å². The second kappa shape index (κ2) is 6.63. The maximum atomic E-state index is 12.7. The molecule has 0 N–H and O–H groups in total. The molecule has 2 fully saturated rings. The Balaban J connectivity index is 1.71. The van der Waals surface area contributed by atoms with E-state index >= 15 is 0 Å². The van der Waals surface area contributed by atoms with Crippen LogP contribution < -0.4 is 4.90 Å². The zero-order valence-electron chi connectivity index (χ0n) is 13.7. The predicted octanol–water partition coefficient (Wildman–Crippen LogP) is 2.73. The quantitative estimate of drug-likeness (QED) is 0.861. The molecule has 0 bridgehead atoms. The maximum absolute atomic E-state index is 12.7. The first kappa shape index (κ1) is 15.3. The molecule has 1 amide bonds. The van der Waals surface area contributed by atoms with E-state index in [4.69, 9.17) is 0 Å². The molecule has 0 spiro atoms. The van der Waals surface area contributed by atoms with E-state index in [0.717, 1.165) is 38.3 Å². The van der Waals surface area contributed by atoms with Crippen molar-refractivity contribution in [3.8, 4) is 0 Å². The molecule has 3 rings (SSSR count). The Bertz CT molecular complexity index is 510. The van der Waals surface area contributed by atoms with Crippen LogP contribution in [0, 0.1) is 5.92 Å². The highest BCUT2D eigenvalue weighted by Gasteiger charge is 2.29. The van der Waals surface area contributed by atoms with Crippen LogP contribution in [-0.4, -0.2) is 46.7 Å². The smallest absolute Gasteiger partial charge is 0.274 e. The highest BCUT2D eigenvalue weighted by molar-refractivity contribution is 5.92. The van der Waals surface area contributed by atoms with E-state index in [1.165, 1.54) is 19.3 Å². The summed E-state index contributed by atoms with van der Waals surface area (Å²) in [6.45, 7) is 7.28. The van der Waals surface area contributed by atoms with Gasteiger partial charge in [-0.3, -0.25) is 4.79 Å². The number of amides is 1. The number of hydrogen-bond donors (Lipinski definition) is 0. The molecule has 5 heteroatoms. The van der Waals surface area contributed by atoms with Crippen molar-refractivity contribution in [3.63, 3.8) is 0 Å². The molecule has 2 atom stereocenters. The maximum Gasteiger partial charge on any atom is 0.274 e. The minimum Gasteiger partial charge on any atom is -0.355 e. The standard InChI is InChI=1S/C17H26N4O/c1-3-14-7-6-13(2)21(12-14)17(22)15-8-9-16(19-18-15)20-10-4-5-11-20/h8-9,13-14H,3-7,10-12H2,1-2H3/t13-,14+/m0/s1. The Morgan fingerprint density at radius 1 is 1.23 bits per heavy atom. The molecular formula is C17H26N4O. The van der Waals surface area contributed by atoms with Crippen LogP contribution in [0.4, 0.5) is 5.82 Å². The van der Waals surface area contributed by atoms with Gasteiger partial charge < -0.3 is 9.80 Å². The summed E-state index contributed by atoms with van der Waals surface area (Å²) in [5.41, 5.74) is 0.478. The molecule has 5 nitrogen and oxygen atoms in total. The number of nitrogens with zero attached hydrogens (tertiary/aromatic N) is 4. The number of rotatable bonds is 3. The van der Waals surface area contributed by atoms with Gasteiger partial charge in [-0.15, -0.1) is 10.2 Å². The van der Waals surface area contributed by atoms with Gasteiger partial charge in [0.05, 0.1) is 0 Å². The molecular weight excluding hydrogens is 276 g/mol. The van der Waals surface area contributed by atoms with Crippen molar-refractivity contribution in [1.29, 1.82) is 0 Å². The normalized spacial score (nSPS) is 25.5. The molecule has 0 radical (unpaired) electrons. The molecule has 2 aliphatic rings. The average molecular weight is 302 g/mol. The van der Waals surface area contributed by atoms with Gasteiger partial charge in [-0.1, -0.05) is 13.3 Å². The summed E-state index contributed by atoms with van der Waals surface area (Å²) in [5.74, 6) is 1.55. The lowest BCUT2D eigenvalue weighted by Crippen LogP contribution is -2.45. The van der Waals surface area contributed by atoms with Crippen molar-refractivity contribution >= 4 is 11.7 Å². The molecule has 1 aromatic heterocycles. The second-order valence-corrected chi connectivity index (χ2v) is 6.63. The van der Waals surface area contributed by atoms with Crippen LogP contribution in [0.15, 0.2) is 12.1 Å². The molecule has 0 aromatic carbocycles. The van der Waals surface area contributed by atoms with E-state index in [-0.39, 0.29) is 5.91 Å². The number of carbonyl (C=O) groups is 1. The third kappa shape index (κ3) is 3.08. The number of likely N-dealkylation sites (tertiary alicyclic amines) is 1. The van der Waals surface area contributed by atoms with Gasteiger partial charge in [0.2, 0.25) is 0 Å². The van der Waals surface area contributed by atoms with Crippen molar-refractivity contribution in [2.24, 2.45) is 5.92 Å². The molecule has 0 unspecified atom stereocenters. The van der Waals surface area contributed by atoms with Gasteiger partial charge in [0.1, 0.15) is 0 Å². The van der Waals surface area contributed by atoms with Crippen LogP contribution in [0.1, 0.15) is 56.4 Å². The average Bonchev–Trinajstić information content (AvgIpc) is 3.09. The van der Waals surface area contributed by atoms with Gasteiger partial charge in [-0.05, 0) is 50.7 Å². The number of carbonyl (C=O) groups excluding carboxylic acids is 1. The Hall–Kier alpha value is -1.65. The highest BCUT2D eigenvalue weighted by Crippen LogP contribution is 2.25. The van der Waals surface area contributed by atoms with Gasteiger partial charge in [0.15, 0.2) is 11.5 Å². The van der Waals surface area contributed by atoms with Crippen molar-refractivity contribution in [2.45, 2.75) is 52.0 Å². The van der Waals surface area contributed by atoms with E-state index in [1.807, 2.05) is 17.0 Å². The van der Waals surface area contributed by atoms with Crippen LogP contribution >= 0.6 is 0 Å². The Morgan fingerprint density at radius 2 is 2.00 bits per heavy atom. The van der Waals surface area contributed by atoms with Crippen LogP contribution in [0.3, 0.4) is 0 Å². The minimum absolute atomic E-state index is 0.0334. The van der Waals surface area contributed by atoms with Gasteiger partial charge in [-0.25, -0.2) is 0 Å². The first-order valence-electron chi connectivity index (χ1n) is 8.58. The summed E-state index contributed by atoms with van der Waals surface area (Å²) in [6.07, 6.45) is 5.87. The summed E-state index contributed by atoms with van der Waals surface area (Å²) in [6, 6.07) is 4.08. The summed E-state index contributed by atoms with van der Waals surface area (Å²) < 4.78 is 0. The minimum atomic E-state index is 0.0334. The van der Waals surface area contributed by atoms with Crippen molar-refractivity contribution < 1.29 is 4.79 Å². The molecule has 3 heterocycles. The second-order valence-electron chi connectivity index (χ2n) is 6.63. The zero-order valence-corrected chi connectivity index (χ0v) is 13.7. The lowest BCUT2D eigenvalue weighted by Gasteiger charge is -2.37. The third-order valence-corrected chi connectivity index (χ3v) is 5.12. The Kier molecular flexibility index (Phi) is 4.60. The summed E-state index contributed by atoms with van der Waals surface area (Å²) in [7, 11) is 0. The number of hydrogen-bond acceptors (Lipinski definition) is 4. The van der Waals surface area contributed by atoms with E-state index in [9.17, 15) is 4.79 Å². The third-order valence-electron chi connectivity index (χ3n) is 5.12. The Morgan fingerprint density at radius 3 is 2.64 bits per heavy atom. The largest absolute Gasteiger partial charge is 0.355 e. The van der Waals surface area contributed by atoms with Crippen LogP contribution in [0.5, 0.6) is 0 Å². The summed E-state index contributed by atoms with van der Waals surface area (Å²) in [5, 5.41) is 8.47. The monoisotopic (exact) mass is 302 g/mol. The molecule has 0 saturated carbocycles. The van der Waals surface area contributed by atoms with Gasteiger partial charge >= 0.3 is 0 Å². The summed E-state index contributed by atoms with van der Waals surface area (Å²) >= 11 is 0. The van der Waals surface area contributed by atoms with Crippen LogP contribution in [0.2, 0.25) is 0 Å². The number of aromatic nitrogens is 2. The molecule has 22 heavy (non-hydrogen) atoms. The van der Waals surface area contributed by atoms with Gasteiger partial charge in [-0.2, -0.15) is 0 Å². The van der Waals surface area contributed by atoms with Gasteiger partial charge in [0.25, 0.3) is 5.91 Å². The zero-order chi connectivity index (χ0) is 15.5. The predicted molar refractivity (Wildman–Crippen MR) is 87.0 cm³/mol. The molecule has 0 aliphatic carbocycles. The molecule has 120 valence electrons. The highest BCUT2D eigenvalue weighted by atomic mass is 16.2.